The molecule has 0 fully saturated rings. The molecule has 2 aromatic rings. The van der Waals surface area contributed by atoms with Crippen molar-refractivity contribution in [2.45, 2.75) is 59.2 Å². The van der Waals surface area contributed by atoms with Crippen LogP contribution in [0.4, 0.5) is 0 Å². The van der Waals surface area contributed by atoms with E-state index >= 15 is 0 Å². The van der Waals surface area contributed by atoms with Crippen LogP contribution in [0.2, 0.25) is 0 Å². The van der Waals surface area contributed by atoms with Gasteiger partial charge in [-0.25, -0.2) is 4.98 Å². The van der Waals surface area contributed by atoms with Crippen LogP contribution < -0.4 is 5.32 Å². The summed E-state index contributed by atoms with van der Waals surface area (Å²) in [5, 5.41) is 3.46. The van der Waals surface area contributed by atoms with Crippen molar-refractivity contribution < 1.29 is 4.42 Å². The second-order valence-electron chi connectivity index (χ2n) is 6.25. The molecular formula is C16H25N3O. The van der Waals surface area contributed by atoms with Crippen LogP contribution in [0.15, 0.2) is 29.1 Å². The summed E-state index contributed by atoms with van der Waals surface area (Å²) in [5.74, 6) is 2.10. The normalized spacial score (nSPS) is 12.0. The van der Waals surface area contributed by atoms with E-state index in [2.05, 4.69) is 48.6 Å². The molecule has 4 heteroatoms. The Kier molecular flexibility index (Phi) is 4.65. The molecule has 0 aliphatic carbocycles. The van der Waals surface area contributed by atoms with E-state index in [1.165, 1.54) is 5.56 Å². The zero-order valence-electron chi connectivity index (χ0n) is 12.9. The van der Waals surface area contributed by atoms with Crippen molar-refractivity contribution in [3.63, 3.8) is 0 Å². The van der Waals surface area contributed by atoms with Gasteiger partial charge in [0.25, 0.3) is 0 Å². The summed E-state index contributed by atoms with van der Waals surface area (Å²) in [7, 11) is 0. The predicted octanol–water partition coefficient (Wildman–Crippen LogP) is 3.37. The predicted molar refractivity (Wildman–Crippen MR) is 80.6 cm³/mol. The molecule has 0 unspecified atom stereocenters. The van der Waals surface area contributed by atoms with Crippen molar-refractivity contribution in [3.05, 3.63) is 41.9 Å². The average molecular weight is 275 g/mol. The fraction of sp³-hybridized carbons (Fsp3) is 0.562. The first-order chi connectivity index (χ1) is 9.48. The summed E-state index contributed by atoms with van der Waals surface area (Å²) < 4.78 is 7.80. The van der Waals surface area contributed by atoms with Gasteiger partial charge in [0.2, 0.25) is 0 Å². The number of nitrogens with one attached hydrogen (secondary N) is 1. The minimum atomic E-state index is 0.121. The number of hydrogen-bond donors (Lipinski definition) is 1. The first kappa shape index (κ1) is 14.9. The van der Waals surface area contributed by atoms with Gasteiger partial charge in [0.15, 0.2) is 0 Å². The van der Waals surface area contributed by atoms with Gasteiger partial charge in [0.1, 0.15) is 11.6 Å². The molecule has 20 heavy (non-hydrogen) atoms. The van der Waals surface area contributed by atoms with Crippen LogP contribution in [0.5, 0.6) is 0 Å². The molecule has 0 aliphatic rings. The highest BCUT2D eigenvalue weighted by atomic mass is 16.3. The Balaban J connectivity index is 1.97. The molecule has 0 aromatic carbocycles. The molecule has 2 rings (SSSR count). The molecule has 2 aromatic heterocycles. The van der Waals surface area contributed by atoms with Crippen LogP contribution in [0.25, 0.3) is 0 Å². The average Bonchev–Trinajstić information content (AvgIpc) is 2.97. The third-order valence-electron chi connectivity index (χ3n) is 3.13. The molecule has 110 valence electrons. The lowest BCUT2D eigenvalue weighted by Gasteiger charge is -2.19. The first-order valence-electron chi connectivity index (χ1n) is 7.29. The topological polar surface area (TPSA) is 43.0 Å². The van der Waals surface area contributed by atoms with E-state index in [1.807, 2.05) is 18.7 Å². The highest BCUT2D eigenvalue weighted by molar-refractivity contribution is 5.14. The summed E-state index contributed by atoms with van der Waals surface area (Å²) in [6.07, 6.45) is 7.82. The number of aryl methyl sites for hydroxylation is 1. The third kappa shape index (κ3) is 4.23. The molecule has 0 amide bonds. The molecular weight excluding hydrogens is 250 g/mol. The fourth-order valence-corrected chi connectivity index (χ4v) is 2.07. The number of furan rings is 1. The Bertz CT molecular complexity index is 534. The maximum Gasteiger partial charge on any atom is 0.123 e. The van der Waals surface area contributed by atoms with Gasteiger partial charge in [-0.2, -0.15) is 0 Å². The van der Waals surface area contributed by atoms with Crippen LogP contribution in [0, 0.1) is 0 Å². The molecule has 0 spiro atoms. The van der Waals surface area contributed by atoms with Crippen molar-refractivity contribution in [1.82, 2.24) is 14.9 Å². The highest BCUT2D eigenvalue weighted by Crippen LogP contribution is 2.12. The Labute approximate surface area is 121 Å². The lowest BCUT2D eigenvalue weighted by Crippen LogP contribution is -2.34. The van der Waals surface area contributed by atoms with Crippen LogP contribution >= 0.6 is 0 Å². The molecule has 0 saturated heterocycles. The molecule has 4 nitrogen and oxygen atoms in total. The molecule has 0 aliphatic heterocycles. The van der Waals surface area contributed by atoms with Crippen molar-refractivity contribution in [2.75, 3.05) is 0 Å². The summed E-state index contributed by atoms with van der Waals surface area (Å²) in [5.41, 5.74) is 1.31. The molecule has 0 bridgehead atoms. The largest absolute Gasteiger partial charge is 0.467 e. The van der Waals surface area contributed by atoms with E-state index in [-0.39, 0.29) is 5.54 Å². The Morgan fingerprint density at radius 3 is 2.85 bits per heavy atom. The molecule has 0 saturated carbocycles. The fourth-order valence-electron chi connectivity index (χ4n) is 2.07. The minimum Gasteiger partial charge on any atom is -0.467 e. The molecule has 1 N–H and O–H groups in total. The van der Waals surface area contributed by atoms with E-state index < -0.39 is 0 Å². The quantitative estimate of drug-likeness (QED) is 0.879. The first-order valence-corrected chi connectivity index (χ1v) is 7.29. The van der Waals surface area contributed by atoms with E-state index in [0.29, 0.717) is 0 Å². The summed E-state index contributed by atoms with van der Waals surface area (Å²) in [6.45, 7) is 10.2. The highest BCUT2D eigenvalue weighted by Gasteiger charge is 2.10. The number of imidazole rings is 1. The summed E-state index contributed by atoms with van der Waals surface area (Å²) in [6, 6.07) is 2.12. The van der Waals surface area contributed by atoms with E-state index in [0.717, 1.165) is 37.5 Å². The van der Waals surface area contributed by atoms with Crippen LogP contribution in [-0.4, -0.2) is 15.1 Å². The smallest absolute Gasteiger partial charge is 0.123 e. The van der Waals surface area contributed by atoms with Gasteiger partial charge in [0, 0.05) is 36.5 Å². The van der Waals surface area contributed by atoms with E-state index in [4.69, 9.17) is 4.42 Å². The van der Waals surface area contributed by atoms with Gasteiger partial charge in [-0.3, -0.25) is 0 Å². The lowest BCUT2D eigenvalue weighted by molar-refractivity contribution is 0.422. The van der Waals surface area contributed by atoms with Gasteiger partial charge in [-0.15, -0.1) is 0 Å². The van der Waals surface area contributed by atoms with Crippen LogP contribution in [-0.2, 0) is 19.5 Å². The summed E-state index contributed by atoms with van der Waals surface area (Å²) >= 11 is 0. The monoisotopic (exact) mass is 275 g/mol. The lowest BCUT2D eigenvalue weighted by atomic mass is 10.1. The Hall–Kier alpha value is -1.55. The van der Waals surface area contributed by atoms with Gasteiger partial charge in [-0.1, -0.05) is 6.92 Å². The Morgan fingerprint density at radius 2 is 2.15 bits per heavy atom. The van der Waals surface area contributed by atoms with Gasteiger partial charge < -0.3 is 14.3 Å². The molecule has 2 heterocycles. The third-order valence-corrected chi connectivity index (χ3v) is 3.13. The van der Waals surface area contributed by atoms with Crippen molar-refractivity contribution in [1.29, 1.82) is 0 Å². The second kappa shape index (κ2) is 6.27. The number of nitrogens with zero attached hydrogens (tertiary/aromatic N) is 2. The van der Waals surface area contributed by atoms with E-state index in [9.17, 15) is 0 Å². The number of aromatic nitrogens is 2. The van der Waals surface area contributed by atoms with Crippen LogP contribution in [0.3, 0.4) is 0 Å². The summed E-state index contributed by atoms with van der Waals surface area (Å²) in [4.78, 5) is 4.39. The zero-order chi connectivity index (χ0) is 14.6. The Morgan fingerprint density at radius 1 is 1.35 bits per heavy atom. The van der Waals surface area contributed by atoms with Crippen molar-refractivity contribution in [3.8, 4) is 0 Å². The second-order valence-corrected chi connectivity index (χ2v) is 6.25. The minimum absolute atomic E-state index is 0.121. The van der Waals surface area contributed by atoms with Crippen molar-refractivity contribution in [2.24, 2.45) is 0 Å². The molecule has 0 atom stereocenters. The van der Waals surface area contributed by atoms with Gasteiger partial charge in [0.05, 0.1) is 12.8 Å². The maximum absolute atomic E-state index is 5.65. The zero-order valence-corrected chi connectivity index (χ0v) is 12.9. The standard InChI is InChI=1S/C16H25N3O/c1-5-6-15-17-7-8-19(15)11-14-9-13(12-20-14)10-18-16(2,3)4/h7-9,12,18H,5-6,10-11H2,1-4H3. The SMILES string of the molecule is CCCc1nccn1Cc1cc(CNC(C)(C)C)co1. The number of hydrogen-bond acceptors (Lipinski definition) is 3. The number of rotatable bonds is 6. The van der Waals surface area contributed by atoms with Gasteiger partial charge in [-0.05, 0) is 33.3 Å². The molecule has 0 radical (unpaired) electrons. The maximum atomic E-state index is 5.65. The van der Waals surface area contributed by atoms with Gasteiger partial charge >= 0.3 is 0 Å². The van der Waals surface area contributed by atoms with Crippen molar-refractivity contribution >= 4 is 0 Å². The van der Waals surface area contributed by atoms with E-state index in [1.54, 1.807) is 0 Å². The van der Waals surface area contributed by atoms with Crippen LogP contribution in [0.1, 0.15) is 51.3 Å².